The van der Waals surface area contributed by atoms with Gasteiger partial charge in [-0.05, 0) is 17.7 Å². The molecule has 0 saturated heterocycles. The van der Waals surface area contributed by atoms with Crippen molar-refractivity contribution in [3.63, 3.8) is 0 Å². The van der Waals surface area contributed by atoms with Gasteiger partial charge < -0.3 is 10.2 Å². The van der Waals surface area contributed by atoms with Crippen molar-refractivity contribution < 1.29 is 4.79 Å². The molecule has 5 nitrogen and oxygen atoms in total. The summed E-state index contributed by atoms with van der Waals surface area (Å²) in [7, 11) is 0. The van der Waals surface area contributed by atoms with E-state index in [2.05, 4.69) is 15.3 Å². The number of halogens is 1. The number of benzene rings is 1. The Balaban J connectivity index is 1.57. The number of urea groups is 1. The second-order valence-corrected chi connectivity index (χ2v) is 5.07. The number of amides is 2. The van der Waals surface area contributed by atoms with Crippen LogP contribution in [0.25, 0.3) is 0 Å². The van der Waals surface area contributed by atoms with Gasteiger partial charge in [-0.1, -0.05) is 23.7 Å². The molecule has 0 bridgehead atoms. The lowest BCUT2D eigenvalue weighted by Gasteiger charge is -2.16. The Morgan fingerprint density at radius 3 is 2.85 bits per heavy atom. The van der Waals surface area contributed by atoms with Gasteiger partial charge in [-0.3, -0.25) is 0 Å². The van der Waals surface area contributed by atoms with Crippen molar-refractivity contribution in [2.75, 3.05) is 0 Å². The first-order valence-electron chi connectivity index (χ1n) is 6.27. The summed E-state index contributed by atoms with van der Waals surface area (Å²) in [5, 5.41) is 3.58. The number of carbonyl (C=O) groups excluding carboxylic acids is 1. The number of nitrogens with zero attached hydrogens (tertiary/aromatic N) is 3. The summed E-state index contributed by atoms with van der Waals surface area (Å²) in [5.41, 5.74) is 2.94. The van der Waals surface area contributed by atoms with Gasteiger partial charge in [0.2, 0.25) is 0 Å². The maximum Gasteiger partial charge on any atom is 0.318 e. The smallest absolute Gasteiger partial charge is 0.318 e. The standard InChI is InChI=1S/C14H13ClN4O/c15-12-3-1-10(2-4-12)5-17-14(20)19-7-11-6-16-9-18-13(11)8-19/h1-4,6,9H,5,7-8H2,(H,17,20). The molecule has 1 N–H and O–H groups in total. The molecular formula is C14H13ClN4O. The average molecular weight is 289 g/mol. The Morgan fingerprint density at radius 1 is 1.30 bits per heavy atom. The summed E-state index contributed by atoms with van der Waals surface area (Å²) < 4.78 is 0. The number of hydrogen-bond donors (Lipinski definition) is 1. The van der Waals surface area contributed by atoms with Crippen LogP contribution in [-0.2, 0) is 19.6 Å². The third kappa shape index (κ3) is 2.72. The molecule has 1 aromatic heterocycles. The Labute approximate surface area is 121 Å². The zero-order valence-electron chi connectivity index (χ0n) is 10.7. The van der Waals surface area contributed by atoms with Gasteiger partial charge in [0.15, 0.2) is 0 Å². The first-order valence-corrected chi connectivity index (χ1v) is 6.65. The Bertz CT molecular complexity index is 604. The molecule has 102 valence electrons. The van der Waals surface area contributed by atoms with Crippen LogP contribution in [0.3, 0.4) is 0 Å². The summed E-state index contributed by atoms with van der Waals surface area (Å²) >= 11 is 5.82. The van der Waals surface area contributed by atoms with Crippen molar-refractivity contribution >= 4 is 17.6 Å². The monoisotopic (exact) mass is 288 g/mol. The second kappa shape index (κ2) is 5.46. The molecule has 1 aliphatic heterocycles. The van der Waals surface area contributed by atoms with Gasteiger partial charge in [0, 0.05) is 23.3 Å². The molecule has 0 aliphatic carbocycles. The largest absolute Gasteiger partial charge is 0.334 e. The van der Waals surface area contributed by atoms with Crippen LogP contribution >= 0.6 is 11.6 Å². The Morgan fingerprint density at radius 2 is 2.10 bits per heavy atom. The van der Waals surface area contributed by atoms with Gasteiger partial charge in [0.25, 0.3) is 0 Å². The van der Waals surface area contributed by atoms with Crippen molar-refractivity contribution in [2.24, 2.45) is 0 Å². The zero-order valence-corrected chi connectivity index (χ0v) is 11.5. The van der Waals surface area contributed by atoms with Gasteiger partial charge >= 0.3 is 6.03 Å². The zero-order chi connectivity index (χ0) is 13.9. The summed E-state index contributed by atoms with van der Waals surface area (Å²) in [6.07, 6.45) is 3.27. The van der Waals surface area contributed by atoms with E-state index >= 15 is 0 Å². The highest BCUT2D eigenvalue weighted by Crippen LogP contribution is 2.19. The van der Waals surface area contributed by atoms with Gasteiger partial charge in [0.05, 0.1) is 18.8 Å². The number of fused-ring (bicyclic) bond motifs is 1. The van der Waals surface area contributed by atoms with E-state index in [1.165, 1.54) is 6.33 Å². The van der Waals surface area contributed by atoms with Crippen LogP contribution in [0.15, 0.2) is 36.8 Å². The van der Waals surface area contributed by atoms with Crippen LogP contribution in [0, 0.1) is 0 Å². The van der Waals surface area contributed by atoms with Crippen molar-refractivity contribution in [3.8, 4) is 0 Å². The normalized spacial score (nSPS) is 13.2. The quantitative estimate of drug-likeness (QED) is 0.923. The molecule has 2 aromatic rings. The molecule has 6 heteroatoms. The molecule has 3 rings (SSSR count). The maximum absolute atomic E-state index is 12.1. The molecule has 0 radical (unpaired) electrons. The highest BCUT2D eigenvalue weighted by molar-refractivity contribution is 6.30. The number of nitrogens with one attached hydrogen (secondary N) is 1. The van der Waals surface area contributed by atoms with E-state index in [4.69, 9.17) is 11.6 Å². The van der Waals surface area contributed by atoms with Gasteiger partial charge in [-0.25, -0.2) is 14.8 Å². The average Bonchev–Trinajstić information content (AvgIpc) is 2.90. The maximum atomic E-state index is 12.1. The highest BCUT2D eigenvalue weighted by Gasteiger charge is 2.23. The molecule has 20 heavy (non-hydrogen) atoms. The van der Waals surface area contributed by atoms with E-state index in [9.17, 15) is 4.79 Å². The van der Waals surface area contributed by atoms with Crippen LogP contribution in [0.2, 0.25) is 5.02 Å². The minimum Gasteiger partial charge on any atom is -0.334 e. The van der Waals surface area contributed by atoms with Crippen molar-refractivity contribution in [1.29, 1.82) is 0 Å². The van der Waals surface area contributed by atoms with E-state index in [1.54, 1.807) is 11.1 Å². The minimum absolute atomic E-state index is 0.0991. The number of rotatable bonds is 2. The number of carbonyl (C=O) groups is 1. The topological polar surface area (TPSA) is 58.1 Å². The highest BCUT2D eigenvalue weighted by atomic mass is 35.5. The lowest BCUT2D eigenvalue weighted by Crippen LogP contribution is -2.36. The fraction of sp³-hybridized carbons (Fsp3) is 0.214. The number of hydrogen-bond acceptors (Lipinski definition) is 3. The third-order valence-electron chi connectivity index (χ3n) is 3.23. The molecule has 1 aliphatic rings. The van der Waals surface area contributed by atoms with E-state index in [0.29, 0.717) is 24.7 Å². The van der Waals surface area contributed by atoms with E-state index in [0.717, 1.165) is 16.8 Å². The predicted octanol–water partition coefficient (Wildman–Crippen LogP) is 2.36. The number of aromatic nitrogens is 2. The summed E-state index contributed by atoms with van der Waals surface area (Å²) in [6.45, 7) is 1.57. The van der Waals surface area contributed by atoms with Gasteiger partial charge in [0.1, 0.15) is 6.33 Å². The van der Waals surface area contributed by atoms with Crippen LogP contribution < -0.4 is 5.32 Å². The molecule has 0 fully saturated rings. The summed E-state index contributed by atoms with van der Waals surface area (Å²) in [6, 6.07) is 7.31. The van der Waals surface area contributed by atoms with Crippen LogP contribution in [0.4, 0.5) is 4.79 Å². The van der Waals surface area contributed by atoms with E-state index in [1.807, 2.05) is 24.3 Å². The molecular weight excluding hydrogens is 276 g/mol. The third-order valence-corrected chi connectivity index (χ3v) is 3.48. The van der Waals surface area contributed by atoms with Crippen molar-refractivity contribution in [2.45, 2.75) is 19.6 Å². The van der Waals surface area contributed by atoms with E-state index < -0.39 is 0 Å². The molecule has 0 unspecified atom stereocenters. The molecule has 1 aromatic carbocycles. The first-order chi connectivity index (χ1) is 9.72. The first kappa shape index (κ1) is 12.9. The fourth-order valence-electron chi connectivity index (χ4n) is 2.14. The summed E-state index contributed by atoms with van der Waals surface area (Å²) in [5.74, 6) is 0. The lowest BCUT2D eigenvalue weighted by molar-refractivity contribution is 0.197. The molecule has 0 spiro atoms. The molecule has 2 heterocycles. The predicted molar refractivity (Wildman–Crippen MR) is 75.0 cm³/mol. The summed E-state index contributed by atoms with van der Waals surface area (Å²) in [4.78, 5) is 22.0. The van der Waals surface area contributed by atoms with Crippen molar-refractivity contribution in [1.82, 2.24) is 20.2 Å². The van der Waals surface area contributed by atoms with Gasteiger partial charge in [-0.2, -0.15) is 0 Å². The molecule has 0 atom stereocenters. The van der Waals surface area contributed by atoms with Gasteiger partial charge in [-0.15, -0.1) is 0 Å². The molecule has 0 saturated carbocycles. The Kier molecular flexibility index (Phi) is 3.52. The minimum atomic E-state index is -0.0991. The second-order valence-electron chi connectivity index (χ2n) is 4.64. The molecule has 2 amide bonds. The van der Waals surface area contributed by atoms with Crippen LogP contribution in [-0.4, -0.2) is 20.9 Å². The fourth-order valence-corrected chi connectivity index (χ4v) is 2.26. The van der Waals surface area contributed by atoms with Crippen LogP contribution in [0.1, 0.15) is 16.8 Å². The van der Waals surface area contributed by atoms with E-state index in [-0.39, 0.29) is 6.03 Å². The SMILES string of the molecule is O=C(NCc1ccc(Cl)cc1)N1Cc2cncnc2C1. The lowest BCUT2D eigenvalue weighted by atomic mass is 10.2. The Hall–Kier alpha value is -2.14. The van der Waals surface area contributed by atoms with Crippen molar-refractivity contribution in [3.05, 3.63) is 58.6 Å². The van der Waals surface area contributed by atoms with Crippen LogP contribution in [0.5, 0.6) is 0 Å².